The number of nitrogens with zero attached hydrogens (tertiary/aromatic N) is 1. The molecule has 4 nitrogen and oxygen atoms in total. The number of aliphatic imine (C=N–C) groups is 1. The third kappa shape index (κ3) is 8.88. The van der Waals surface area contributed by atoms with E-state index in [-0.39, 0.29) is 24.0 Å². The first kappa shape index (κ1) is 21.4. The lowest BCUT2D eigenvalue weighted by atomic mass is 10.1. The second-order valence-corrected chi connectivity index (χ2v) is 5.73. The summed E-state index contributed by atoms with van der Waals surface area (Å²) < 4.78 is 0. The minimum atomic E-state index is -0.475. The van der Waals surface area contributed by atoms with Gasteiger partial charge in [-0.15, -0.1) is 24.0 Å². The van der Waals surface area contributed by atoms with Gasteiger partial charge < -0.3 is 15.7 Å². The number of aliphatic hydroxyl groups is 1. The van der Waals surface area contributed by atoms with Gasteiger partial charge in [0.25, 0.3) is 0 Å². The number of rotatable bonds is 8. The van der Waals surface area contributed by atoms with Crippen LogP contribution in [-0.2, 0) is 12.8 Å². The summed E-state index contributed by atoms with van der Waals surface area (Å²) in [4.78, 5) is 4.49. The van der Waals surface area contributed by atoms with Crippen molar-refractivity contribution in [3.05, 3.63) is 71.8 Å². The van der Waals surface area contributed by atoms with E-state index in [4.69, 9.17) is 0 Å². The van der Waals surface area contributed by atoms with Crippen LogP contribution in [0.25, 0.3) is 0 Å². The second-order valence-electron chi connectivity index (χ2n) is 5.73. The van der Waals surface area contributed by atoms with Crippen molar-refractivity contribution < 1.29 is 5.11 Å². The maximum atomic E-state index is 10.2. The summed E-state index contributed by atoms with van der Waals surface area (Å²) in [6.07, 6.45) is 1.09. The largest absolute Gasteiger partial charge is 0.391 e. The monoisotopic (exact) mass is 453 g/mol. The molecule has 0 heterocycles. The fourth-order valence-corrected chi connectivity index (χ4v) is 2.46. The van der Waals surface area contributed by atoms with Crippen molar-refractivity contribution in [1.82, 2.24) is 10.6 Å². The summed E-state index contributed by atoms with van der Waals surface area (Å²) in [5.74, 6) is 0.751. The standard InChI is InChI=1S/C20H27N3O.HI/c1-2-21-20(22-14-13-17-9-5-3-6-10-17)23-16-19(24)15-18-11-7-4-8-12-18;/h3-12,19,24H,2,13-16H2,1H3,(H2,21,22,23);1H. The van der Waals surface area contributed by atoms with Crippen LogP contribution in [0.3, 0.4) is 0 Å². The lowest BCUT2D eigenvalue weighted by Crippen LogP contribution is -2.39. The summed E-state index contributed by atoms with van der Waals surface area (Å²) in [6, 6.07) is 20.4. The van der Waals surface area contributed by atoms with Crippen LogP contribution in [-0.4, -0.2) is 36.8 Å². The minimum Gasteiger partial charge on any atom is -0.391 e. The van der Waals surface area contributed by atoms with Crippen molar-refractivity contribution in [2.45, 2.75) is 25.9 Å². The van der Waals surface area contributed by atoms with Crippen LogP contribution in [0.5, 0.6) is 0 Å². The maximum Gasteiger partial charge on any atom is 0.191 e. The molecule has 0 saturated carbocycles. The third-order valence-electron chi connectivity index (χ3n) is 3.67. The van der Waals surface area contributed by atoms with Gasteiger partial charge >= 0.3 is 0 Å². The molecule has 2 aromatic carbocycles. The van der Waals surface area contributed by atoms with Gasteiger partial charge in [-0.2, -0.15) is 0 Å². The second kappa shape index (κ2) is 12.7. The van der Waals surface area contributed by atoms with Crippen LogP contribution in [0.15, 0.2) is 65.7 Å². The number of guanidine groups is 1. The molecule has 0 amide bonds. The zero-order chi connectivity index (χ0) is 17.0. The minimum absolute atomic E-state index is 0. The predicted molar refractivity (Wildman–Crippen MR) is 116 cm³/mol. The molecular weight excluding hydrogens is 425 g/mol. The Morgan fingerprint density at radius 1 is 0.960 bits per heavy atom. The molecule has 1 unspecified atom stereocenters. The summed E-state index contributed by atoms with van der Waals surface area (Å²) in [7, 11) is 0. The first-order valence-electron chi connectivity index (χ1n) is 8.56. The lowest BCUT2D eigenvalue weighted by Gasteiger charge is -2.13. The predicted octanol–water partition coefficient (Wildman–Crippen LogP) is 3.01. The molecule has 2 aromatic rings. The molecule has 1 atom stereocenters. The lowest BCUT2D eigenvalue weighted by molar-refractivity contribution is 0.183. The summed E-state index contributed by atoms with van der Waals surface area (Å²) in [5, 5.41) is 16.7. The number of hydrogen-bond donors (Lipinski definition) is 3. The Bertz CT molecular complexity index is 605. The highest BCUT2D eigenvalue weighted by molar-refractivity contribution is 14.0. The van der Waals surface area contributed by atoms with E-state index >= 15 is 0 Å². The number of aliphatic hydroxyl groups excluding tert-OH is 1. The number of benzene rings is 2. The Balaban J connectivity index is 0.00000312. The Morgan fingerprint density at radius 3 is 2.16 bits per heavy atom. The molecule has 0 aromatic heterocycles. The molecule has 0 fully saturated rings. The molecule has 0 aliphatic rings. The average Bonchev–Trinajstić information content (AvgIpc) is 2.61. The van der Waals surface area contributed by atoms with Crippen LogP contribution >= 0.6 is 24.0 Å². The van der Waals surface area contributed by atoms with Crippen molar-refractivity contribution in [3.63, 3.8) is 0 Å². The first-order valence-corrected chi connectivity index (χ1v) is 8.56. The average molecular weight is 453 g/mol. The van der Waals surface area contributed by atoms with Crippen LogP contribution < -0.4 is 10.6 Å². The number of nitrogens with one attached hydrogen (secondary N) is 2. The molecule has 3 N–H and O–H groups in total. The van der Waals surface area contributed by atoms with E-state index in [1.165, 1.54) is 5.56 Å². The van der Waals surface area contributed by atoms with Crippen LogP contribution in [0.1, 0.15) is 18.1 Å². The van der Waals surface area contributed by atoms with Crippen molar-refractivity contribution in [1.29, 1.82) is 0 Å². The highest BCUT2D eigenvalue weighted by Gasteiger charge is 2.05. The van der Waals surface area contributed by atoms with Crippen molar-refractivity contribution in [2.75, 3.05) is 19.6 Å². The van der Waals surface area contributed by atoms with Gasteiger partial charge in [0, 0.05) is 19.5 Å². The topological polar surface area (TPSA) is 56.7 Å². The molecule has 0 radical (unpaired) electrons. The van der Waals surface area contributed by atoms with E-state index in [0.717, 1.165) is 31.0 Å². The van der Waals surface area contributed by atoms with Crippen molar-refractivity contribution >= 4 is 29.9 Å². The maximum absolute atomic E-state index is 10.2. The van der Waals surface area contributed by atoms with Gasteiger partial charge in [-0.1, -0.05) is 60.7 Å². The highest BCUT2D eigenvalue weighted by atomic mass is 127. The molecule has 0 bridgehead atoms. The summed E-state index contributed by atoms with van der Waals surface area (Å²) >= 11 is 0. The van der Waals surface area contributed by atoms with E-state index in [2.05, 4.69) is 39.9 Å². The Morgan fingerprint density at radius 2 is 1.56 bits per heavy atom. The first-order chi connectivity index (χ1) is 11.8. The molecule has 25 heavy (non-hydrogen) atoms. The van der Waals surface area contributed by atoms with Gasteiger partial charge in [0.05, 0.1) is 12.6 Å². The fourth-order valence-electron chi connectivity index (χ4n) is 2.46. The molecule has 0 aliphatic carbocycles. The van der Waals surface area contributed by atoms with Crippen molar-refractivity contribution in [2.24, 2.45) is 4.99 Å². The third-order valence-corrected chi connectivity index (χ3v) is 3.67. The molecule has 0 aliphatic heterocycles. The molecule has 0 saturated heterocycles. The van der Waals surface area contributed by atoms with E-state index in [9.17, 15) is 5.11 Å². The smallest absolute Gasteiger partial charge is 0.191 e. The summed E-state index contributed by atoms with van der Waals surface area (Å²) in [6.45, 7) is 4.03. The van der Waals surface area contributed by atoms with Crippen molar-refractivity contribution in [3.8, 4) is 0 Å². The van der Waals surface area contributed by atoms with Crippen LogP contribution in [0.2, 0.25) is 0 Å². The van der Waals surface area contributed by atoms with Crippen LogP contribution in [0.4, 0.5) is 0 Å². The fraction of sp³-hybridized carbons (Fsp3) is 0.350. The number of halogens is 1. The Kier molecular flexibility index (Phi) is 10.9. The zero-order valence-electron chi connectivity index (χ0n) is 14.7. The Hall–Kier alpha value is -1.60. The SMILES string of the molecule is CCNC(=NCC(O)Cc1ccccc1)NCCc1ccccc1.I. The zero-order valence-corrected chi connectivity index (χ0v) is 17.0. The van der Waals surface area contributed by atoms with Crippen LogP contribution in [0, 0.1) is 0 Å². The molecule has 2 rings (SSSR count). The van der Waals surface area contributed by atoms with E-state index in [0.29, 0.717) is 13.0 Å². The van der Waals surface area contributed by atoms with E-state index in [1.54, 1.807) is 0 Å². The summed E-state index contributed by atoms with van der Waals surface area (Å²) in [5.41, 5.74) is 2.42. The Labute approximate surface area is 167 Å². The normalized spacial score (nSPS) is 12.2. The van der Waals surface area contributed by atoms with Gasteiger partial charge in [0.1, 0.15) is 0 Å². The quantitative estimate of drug-likeness (QED) is 0.327. The van der Waals surface area contributed by atoms with E-state index < -0.39 is 6.10 Å². The van der Waals surface area contributed by atoms with E-state index in [1.807, 2.05) is 43.3 Å². The molecule has 0 spiro atoms. The van der Waals surface area contributed by atoms with Gasteiger partial charge in [-0.3, -0.25) is 4.99 Å². The highest BCUT2D eigenvalue weighted by Crippen LogP contribution is 2.03. The van der Waals surface area contributed by atoms with Gasteiger partial charge in [-0.05, 0) is 24.5 Å². The molecule has 5 heteroatoms. The van der Waals surface area contributed by atoms with Gasteiger partial charge in [0.2, 0.25) is 0 Å². The number of hydrogen-bond acceptors (Lipinski definition) is 2. The molecular formula is C20H28IN3O. The van der Waals surface area contributed by atoms with Gasteiger partial charge in [-0.25, -0.2) is 0 Å². The molecule has 136 valence electrons. The van der Waals surface area contributed by atoms with Gasteiger partial charge in [0.15, 0.2) is 5.96 Å².